The molecular weight excluding hydrogens is 458 g/mol. The summed E-state index contributed by atoms with van der Waals surface area (Å²) in [6, 6.07) is 12.4. The summed E-state index contributed by atoms with van der Waals surface area (Å²) in [5.74, 6) is -0.524. The van der Waals surface area contributed by atoms with Crippen LogP contribution in [0.4, 0.5) is 11.4 Å². The molecule has 1 saturated heterocycles. The molecule has 1 atom stereocenters. The van der Waals surface area contributed by atoms with Crippen molar-refractivity contribution in [2.45, 2.75) is 54.6 Å². The number of fused-ring (bicyclic) bond motifs is 1. The zero-order chi connectivity index (χ0) is 23.6. The lowest BCUT2D eigenvalue weighted by molar-refractivity contribution is -0.121. The Labute approximate surface area is 199 Å². The van der Waals surface area contributed by atoms with Crippen molar-refractivity contribution in [3.63, 3.8) is 0 Å². The van der Waals surface area contributed by atoms with Crippen molar-refractivity contribution < 1.29 is 18.0 Å². The number of nitrogens with zero attached hydrogens (tertiary/aromatic N) is 2. The van der Waals surface area contributed by atoms with Gasteiger partial charge in [0.1, 0.15) is 6.54 Å². The van der Waals surface area contributed by atoms with E-state index in [4.69, 9.17) is 0 Å². The number of hydrogen-bond donors (Lipinski definition) is 1. The Balaban J connectivity index is 1.64. The number of piperidine rings is 1. The van der Waals surface area contributed by atoms with Gasteiger partial charge >= 0.3 is 0 Å². The second kappa shape index (κ2) is 9.87. The third-order valence-electron chi connectivity index (χ3n) is 5.87. The molecule has 2 aliphatic heterocycles. The second-order valence-corrected chi connectivity index (χ2v) is 12.0. The first-order valence-corrected chi connectivity index (χ1v) is 13.5. The van der Waals surface area contributed by atoms with Crippen LogP contribution in [0.15, 0.2) is 52.3 Å². The molecule has 2 aliphatic rings. The van der Waals surface area contributed by atoms with Crippen molar-refractivity contribution in [3.05, 3.63) is 48.0 Å². The number of hydrogen-bond acceptors (Lipinski definition) is 5. The summed E-state index contributed by atoms with van der Waals surface area (Å²) in [5.41, 5.74) is 2.15. The summed E-state index contributed by atoms with van der Waals surface area (Å²) < 4.78 is 28.0. The van der Waals surface area contributed by atoms with Gasteiger partial charge in [-0.15, -0.1) is 11.8 Å². The largest absolute Gasteiger partial charge is 0.325 e. The number of rotatable bonds is 5. The number of aryl methyl sites for hydroxylation is 1. The minimum absolute atomic E-state index is 0.0191. The van der Waals surface area contributed by atoms with Gasteiger partial charge in [-0.3, -0.25) is 9.59 Å². The highest BCUT2D eigenvalue weighted by atomic mass is 32.2. The van der Waals surface area contributed by atoms with Gasteiger partial charge in [-0.2, -0.15) is 4.31 Å². The average molecular weight is 488 g/mol. The fraction of sp³-hybridized carbons (Fsp3) is 0.417. The van der Waals surface area contributed by atoms with Gasteiger partial charge in [0.05, 0.1) is 10.6 Å². The Morgan fingerprint density at radius 2 is 1.88 bits per heavy atom. The number of carbonyl (C=O) groups is 2. The predicted octanol–water partition coefficient (Wildman–Crippen LogP) is 4.03. The SMILES string of the molecule is Cc1cccc(NC(=O)CN2C(=O)C[C@@H](C)Sc3ccc(S(=O)(=O)N4CCCCC4)cc32)c1. The van der Waals surface area contributed by atoms with Crippen LogP contribution >= 0.6 is 11.8 Å². The number of sulfonamides is 1. The van der Waals surface area contributed by atoms with Crippen LogP contribution in [0.1, 0.15) is 38.2 Å². The van der Waals surface area contributed by atoms with E-state index in [2.05, 4.69) is 5.32 Å². The molecule has 0 spiro atoms. The molecule has 0 bridgehead atoms. The maximum Gasteiger partial charge on any atom is 0.244 e. The maximum absolute atomic E-state index is 13.2. The fourth-order valence-electron chi connectivity index (χ4n) is 4.21. The number of amides is 2. The monoisotopic (exact) mass is 487 g/mol. The van der Waals surface area contributed by atoms with Crippen LogP contribution in [-0.2, 0) is 19.6 Å². The zero-order valence-corrected chi connectivity index (χ0v) is 20.5. The quantitative estimate of drug-likeness (QED) is 0.688. The van der Waals surface area contributed by atoms with Crippen LogP contribution in [0.2, 0.25) is 0 Å². The lowest BCUT2D eigenvalue weighted by atomic mass is 10.2. The van der Waals surface area contributed by atoms with Crippen LogP contribution < -0.4 is 10.2 Å². The van der Waals surface area contributed by atoms with Crippen molar-refractivity contribution in [1.29, 1.82) is 0 Å². The van der Waals surface area contributed by atoms with Gasteiger partial charge in [-0.1, -0.05) is 25.5 Å². The van der Waals surface area contributed by atoms with E-state index in [9.17, 15) is 18.0 Å². The van der Waals surface area contributed by atoms with E-state index in [1.165, 1.54) is 21.0 Å². The standard InChI is InChI=1S/C24H29N3O4S2/c1-17-7-6-8-19(13-17)25-23(28)16-27-21-15-20(33(30,31)26-11-4-3-5-12-26)9-10-22(21)32-18(2)14-24(27)29/h6-10,13,15,18H,3-5,11-12,14,16H2,1-2H3,(H,25,28)/t18-/m1/s1. The van der Waals surface area contributed by atoms with Gasteiger partial charge in [-0.25, -0.2) is 8.42 Å². The molecule has 176 valence electrons. The topological polar surface area (TPSA) is 86.8 Å². The fourth-order valence-corrected chi connectivity index (χ4v) is 6.85. The van der Waals surface area contributed by atoms with Crippen molar-refractivity contribution in [2.24, 2.45) is 0 Å². The first-order valence-electron chi connectivity index (χ1n) is 11.2. The Morgan fingerprint density at radius 1 is 1.12 bits per heavy atom. The maximum atomic E-state index is 13.2. The van der Waals surface area contributed by atoms with Crippen molar-refractivity contribution >= 4 is 45.0 Å². The minimum atomic E-state index is -3.66. The van der Waals surface area contributed by atoms with E-state index in [0.29, 0.717) is 24.5 Å². The summed E-state index contributed by atoms with van der Waals surface area (Å²) >= 11 is 1.53. The van der Waals surface area contributed by atoms with Crippen LogP contribution in [0.3, 0.4) is 0 Å². The first kappa shape index (κ1) is 23.8. The lowest BCUT2D eigenvalue weighted by Gasteiger charge is -2.27. The Kier molecular flexibility index (Phi) is 7.11. The highest BCUT2D eigenvalue weighted by Crippen LogP contribution is 2.39. The molecule has 0 aromatic heterocycles. The third-order valence-corrected chi connectivity index (χ3v) is 8.93. The summed E-state index contributed by atoms with van der Waals surface area (Å²) in [6.45, 7) is 4.73. The Bertz CT molecular complexity index is 1160. The highest BCUT2D eigenvalue weighted by Gasteiger charge is 2.31. The molecule has 1 fully saturated rings. The minimum Gasteiger partial charge on any atom is -0.325 e. The van der Waals surface area contributed by atoms with E-state index >= 15 is 0 Å². The molecule has 33 heavy (non-hydrogen) atoms. The molecule has 1 N–H and O–H groups in total. The van der Waals surface area contributed by atoms with Crippen LogP contribution in [0.25, 0.3) is 0 Å². The van der Waals surface area contributed by atoms with Crippen LogP contribution in [0.5, 0.6) is 0 Å². The van der Waals surface area contributed by atoms with Crippen LogP contribution in [-0.4, -0.2) is 49.4 Å². The van der Waals surface area contributed by atoms with Gasteiger partial charge in [0, 0.05) is 35.3 Å². The van der Waals surface area contributed by atoms with Gasteiger partial charge < -0.3 is 10.2 Å². The average Bonchev–Trinajstić information content (AvgIpc) is 2.89. The van der Waals surface area contributed by atoms with E-state index in [0.717, 1.165) is 29.7 Å². The van der Waals surface area contributed by atoms with E-state index in [-0.39, 0.29) is 34.9 Å². The molecular formula is C24H29N3O4S2. The molecule has 7 nitrogen and oxygen atoms in total. The summed E-state index contributed by atoms with van der Waals surface area (Å²) in [6.07, 6.45) is 3.00. The smallest absolute Gasteiger partial charge is 0.244 e. The normalized spacial score (nSPS) is 19.6. The molecule has 2 amide bonds. The molecule has 2 heterocycles. The third kappa shape index (κ3) is 5.42. The van der Waals surface area contributed by atoms with Crippen molar-refractivity contribution in [2.75, 3.05) is 29.9 Å². The molecule has 4 rings (SSSR count). The van der Waals surface area contributed by atoms with E-state index in [1.807, 2.05) is 32.0 Å². The summed E-state index contributed by atoms with van der Waals surface area (Å²) in [4.78, 5) is 28.3. The number of anilines is 2. The molecule has 0 aliphatic carbocycles. The Morgan fingerprint density at radius 3 is 2.61 bits per heavy atom. The highest BCUT2D eigenvalue weighted by molar-refractivity contribution is 8.00. The lowest BCUT2D eigenvalue weighted by Crippen LogP contribution is -2.39. The molecule has 9 heteroatoms. The first-order chi connectivity index (χ1) is 15.7. The Hall–Kier alpha value is -2.36. The molecule has 0 unspecified atom stereocenters. The van der Waals surface area contributed by atoms with E-state index in [1.54, 1.807) is 24.3 Å². The second-order valence-electron chi connectivity index (χ2n) is 8.62. The predicted molar refractivity (Wildman–Crippen MR) is 131 cm³/mol. The van der Waals surface area contributed by atoms with Gasteiger partial charge in [0.25, 0.3) is 0 Å². The number of benzene rings is 2. The van der Waals surface area contributed by atoms with Crippen molar-refractivity contribution in [3.8, 4) is 0 Å². The van der Waals surface area contributed by atoms with E-state index < -0.39 is 10.0 Å². The van der Waals surface area contributed by atoms with Gasteiger partial charge in [0.2, 0.25) is 21.8 Å². The van der Waals surface area contributed by atoms with Crippen molar-refractivity contribution in [1.82, 2.24) is 4.31 Å². The number of thioether (sulfide) groups is 1. The molecule has 0 saturated carbocycles. The number of carbonyl (C=O) groups excluding carboxylic acids is 2. The molecule has 2 aromatic carbocycles. The molecule has 2 aromatic rings. The zero-order valence-electron chi connectivity index (χ0n) is 18.9. The number of nitrogens with one attached hydrogen (secondary N) is 1. The molecule has 0 radical (unpaired) electrons. The summed E-state index contributed by atoms with van der Waals surface area (Å²) in [7, 11) is -3.66. The van der Waals surface area contributed by atoms with Crippen LogP contribution in [0, 0.1) is 6.92 Å². The summed E-state index contributed by atoms with van der Waals surface area (Å²) in [5, 5.41) is 2.86. The van der Waals surface area contributed by atoms with Gasteiger partial charge in [-0.05, 0) is 55.7 Å². The van der Waals surface area contributed by atoms with Gasteiger partial charge in [0.15, 0.2) is 0 Å².